The summed E-state index contributed by atoms with van der Waals surface area (Å²) in [6, 6.07) is 21.0. The molecular weight excluding hydrogens is 282 g/mol. The van der Waals surface area contributed by atoms with Crippen LogP contribution < -0.4 is 10.1 Å². The molecule has 0 heterocycles. The van der Waals surface area contributed by atoms with E-state index in [-0.39, 0.29) is 5.54 Å². The summed E-state index contributed by atoms with van der Waals surface area (Å²) in [5.41, 5.74) is 1.62. The van der Waals surface area contributed by atoms with Crippen molar-refractivity contribution >= 4 is 0 Å². The van der Waals surface area contributed by atoms with Crippen LogP contribution >= 0.6 is 0 Å². The summed E-state index contributed by atoms with van der Waals surface area (Å²) in [6.07, 6.45) is 7.54. The number of hydrogen-bond donors (Lipinski definition) is 1. The van der Waals surface area contributed by atoms with Crippen LogP contribution in [0.5, 0.6) is 5.75 Å². The van der Waals surface area contributed by atoms with Gasteiger partial charge in [0.05, 0.1) is 6.61 Å². The van der Waals surface area contributed by atoms with Crippen LogP contribution in [0.15, 0.2) is 60.7 Å². The van der Waals surface area contributed by atoms with Crippen molar-refractivity contribution in [2.75, 3.05) is 13.2 Å². The molecule has 0 spiro atoms. The van der Waals surface area contributed by atoms with E-state index in [0.29, 0.717) is 0 Å². The standard InChI is InChI=1S/C21H27NO/c1-4-11-19(12-5-1)21(15-8-3-9-16-21)22-17-10-18-23-20-13-6-2-7-14-20/h1-2,4-7,11-14,22H,3,8-10,15-18H2. The maximum absolute atomic E-state index is 5.79. The second kappa shape index (κ2) is 8.16. The van der Waals surface area contributed by atoms with Gasteiger partial charge in [-0.05, 0) is 43.5 Å². The first-order valence-corrected chi connectivity index (χ1v) is 8.87. The van der Waals surface area contributed by atoms with E-state index >= 15 is 0 Å². The first-order valence-electron chi connectivity index (χ1n) is 8.87. The molecule has 0 aliphatic heterocycles. The topological polar surface area (TPSA) is 21.3 Å². The Balaban J connectivity index is 1.51. The first-order chi connectivity index (χ1) is 11.4. The second-order valence-electron chi connectivity index (χ2n) is 6.45. The van der Waals surface area contributed by atoms with Crippen LogP contribution in [0.3, 0.4) is 0 Å². The van der Waals surface area contributed by atoms with Gasteiger partial charge in [0.15, 0.2) is 0 Å². The molecule has 1 aliphatic carbocycles. The largest absolute Gasteiger partial charge is 0.494 e. The molecule has 0 amide bonds. The maximum Gasteiger partial charge on any atom is 0.119 e. The maximum atomic E-state index is 5.79. The van der Waals surface area contributed by atoms with Crippen molar-refractivity contribution in [3.63, 3.8) is 0 Å². The average Bonchev–Trinajstić information content (AvgIpc) is 2.64. The minimum atomic E-state index is 0.173. The van der Waals surface area contributed by atoms with Crippen LogP contribution in [0.2, 0.25) is 0 Å². The molecule has 0 saturated heterocycles. The van der Waals surface area contributed by atoms with Gasteiger partial charge in [-0.25, -0.2) is 0 Å². The number of nitrogens with one attached hydrogen (secondary N) is 1. The van der Waals surface area contributed by atoms with Crippen molar-refractivity contribution in [2.24, 2.45) is 0 Å². The highest BCUT2D eigenvalue weighted by atomic mass is 16.5. The number of rotatable bonds is 7. The lowest BCUT2D eigenvalue weighted by Gasteiger charge is -2.39. The third-order valence-corrected chi connectivity index (χ3v) is 4.83. The molecule has 0 atom stereocenters. The van der Waals surface area contributed by atoms with Crippen molar-refractivity contribution in [2.45, 2.75) is 44.1 Å². The highest BCUT2D eigenvalue weighted by molar-refractivity contribution is 5.25. The lowest BCUT2D eigenvalue weighted by molar-refractivity contribution is 0.223. The van der Waals surface area contributed by atoms with Gasteiger partial charge in [0, 0.05) is 5.54 Å². The second-order valence-corrected chi connectivity index (χ2v) is 6.45. The van der Waals surface area contributed by atoms with Gasteiger partial charge in [0.25, 0.3) is 0 Å². The molecule has 2 aromatic rings. The van der Waals surface area contributed by atoms with Crippen LogP contribution in [0, 0.1) is 0 Å². The van der Waals surface area contributed by atoms with Gasteiger partial charge in [-0.1, -0.05) is 67.8 Å². The zero-order valence-electron chi connectivity index (χ0n) is 13.8. The van der Waals surface area contributed by atoms with E-state index in [1.165, 1.54) is 37.7 Å². The number of para-hydroxylation sites is 1. The zero-order chi connectivity index (χ0) is 15.8. The molecule has 3 rings (SSSR count). The Morgan fingerprint density at radius 3 is 2.17 bits per heavy atom. The Labute approximate surface area is 139 Å². The molecule has 1 N–H and O–H groups in total. The molecule has 0 bridgehead atoms. The molecule has 23 heavy (non-hydrogen) atoms. The zero-order valence-corrected chi connectivity index (χ0v) is 13.8. The Morgan fingerprint density at radius 1 is 0.826 bits per heavy atom. The molecule has 2 heteroatoms. The summed E-state index contributed by atoms with van der Waals surface area (Å²) in [7, 11) is 0. The third-order valence-electron chi connectivity index (χ3n) is 4.83. The van der Waals surface area contributed by atoms with Gasteiger partial charge in [0.1, 0.15) is 5.75 Å². The predicted octanol–water partition coefficient (Wildman–Crippen LogP) is 4.90. The van der Waals surface area contributed by atoms with E-state index < -0.39 is 0 Å². The molecule has 1 fully saturated rings. The Morgan fingerprint density at radius 2 is 1.48 bits per heavy atom. The molecule has 0 aromatic heterocycles. The Bertz CT molecular complexity index is 561. The van der Waals surface area contributed by atoms with Crippen molar-refractivity contribution in [3.8, 4) is 5.75 Å². The average molecular weight is 309 g/mol. The highest BCUT2D eigenvalue weighted by Crippen LogP contribution is 2.36. The van der Waals surface area contributed by atoms with E-state index in [4.69, 9.17) is 4.74 Å². The summed E-state index contributed by atoms with van der Waals surface area (Å²) in [5.74, 6) is 0.961. The number of benzene rings is 2. The molecular formula is C21H27NO. The highest BCUT2D eigenvalue weighted by Gasteiger charge is 2.32. The lowest BCUT2D eigenvalue weighted by Crippen LogP contribution is -2.44. The summed E-state index contributed by atoms with van der Waals surface area (Å²) >= 11 is 0. The first kappa shape index (κ1) is 16.1. The van der Waals surface area contributed by atoms with E-state index in [9.17, 15) is 0 Å². The number of hydrogen-bond acceptors (Lipinski definition) is 2. The number of ether oxygens (including phenoxy) is 1. The van der Waals surface area contributed by atoms with E-state index in [2.05, 4.69) is 35.6 Å². The van der Waals surface area contributed by atoms with Crippen molar-refractivity contribution in [3.05, 3.63) is 66.2 Å². The van der Waals surface area contributed by atoms with Gasteiger partial charge in [0.2, 0.25) is 0 Å². The van der Waals surface area contributed by atoms with Gasteiger partial charge in [-0.15, -0.1) is 0 Å². The third kappa shape index (κ3) is 4.35. The van der Waals surface area contributed by atoms with Crippen LogP contribution in [0.4, 0.5) is 0 Å². The van der Waals surface area contributed by atoms with Crippen molar-refractivity contribution in [1.29, 1.82) is 0 Å². The molecule has 1 saturated carbocycles. The van der Waals surface area contributed by atoms with Crippen molar-refractivity contribution < 1.29 is 4.74 Å². The summed E-state index contributed by atoms with van der Waals surface area (Å²) < 4.78 is 5.79. The Hall–Kier alpha value is -1.80. The van der Waals surface area contributed by atoms with E-state index in [0.717, 1.165) is 25.3 Å². The minimum Gasteiger partial charge on any atom is -0.494 e. The molecule has 2 aromatic carbocycles. The normalized spacial score (nSPS) is 16.9. The van der Waals surface area contributed by atoms with Crippen LogP contribution in [0.25, 0.3) is 0 Å². The summed E-state index contributed by atoms with van der Waals surface area (Å²) in [4.78, 5) is 0. The van der Waals surface area contributed by atoms with Gasteiger partial charge >= 0.3 is 0 Å². The fraction of sp³-hybridized carbons (Fsp3) is 0.429. The fourth-order valence-electron chi connectivity index (χ4n) is 3.59. The van der Waals surface area contributed by atoms with Crippen LogP contribution in [-0.4, -0.2) is 13.2 Å². The predicted molar refractivity (Wildman–Crippen MR) is 95.8 cm³/mol. The van der Waals surface area contributed by atoms with E-state index in [1.54, 1.807) is 0 Å². The SMILES string of the molecule is c1ccc(OCCCNC2(c3ccccc3)CCCCC2)cc1. The van der Waals surface area contributed by atoms with Crippen LogP contribution in [-0.2, 0) is 5.54 Å². The van der Waals surface area contributed by atoms with Gasteiger partial charge in [-0.3, -0.25) is 0 Å². The molecule has 0 unspecified atom stereocenters. The molecule has 0 radical (unpaired) electrons. The molecule has 1 aliphatic rings. The Kier molecular flexibility index (Phi) is 5.71. The smallest absolute Gasteiger partial charge is 0.119 e. The van der Waals surface area contributed by atoms with Gasteiger partial charge in [-0.2, -0.15) is 0 Å². The van der Waals surface area contributed by atoms with Gasteiger partial charge < -0.3 is 10.1 Å². The monoisotopic (exact) mass is 309 g/mol. The lowest BCUT2D eigenvalue weighted by atomic mass is 9.76. The summed E-state index contributed by atoms with van der Waals surface area (Å²) in [6.45, 7) is 1.77. The minimum absolute atomic E-state index is 0.173. The summed E-state index contributed by atoms with van der Waals surface area (Å²) in [5, 5.41) is 3.86. The van der Waals surface area contributed by atoms with Crippen molar-refractivity contribution in [1.82, 2.24) is 5.32 Å². The van der Waals surface area contributed by atoms with E-state index in [1.807, 2.05) is 30.3 Å². The van der Waals surface area contributed by atoms with Crippen LogP contribution in [0.1, 0.15) is 44.1 Å². The quantitative estimate of drug-likeness (QED) is 0.734. The molecule has 122 valence electrons. The fourth-order valence-corrected chi connectivity index (χ4v) is 3.59. The molecule has 2 nitrogen and oxygen atoms in total.